The zero-order valence-corrected chi connectivity index (χ0v) is 12.2. The Kier molecular flexibility index (Phi) is 3.72. The summed E-state index contributed by atoms with van der Waals surface area (Å²) in [5.41, 5.74) is 1.68. The summed E-state index contributed by atoms with van der Waals surface area (Å²) in [4.78, 5) is 0. The van der Waals surface area contributed by atoms with Gasteiger partial charge in [0.2, 0.25) is 5.88 Å². The van der Waals surface area contributed by atoms with Crippen molar-refractivity contribution in [2.75, 3.05) is 7.11 Å². The van der Waals surface area contributed by atoms with Crippen LogP contribution in [-0.2, 0) is 12.0 Å². The van der Waals surface area contributed by atoms with Gasteiger partial charge in [0.1, 0.15) is 11.4 Å². The number of para-hydroxylation sites is 2. The van der Waals surface area contributed by atoms with Gasteiger partial charge in [0.25, 0.3) is 0 Å². The minimum Gasteiger partial charge on any atom is -0.506 e. The fourth-order valence-corrected chi connectivity index (χ4v) is 2.20. The summed E-state index contributed by atoms with van der Waals surface area (Å²) in [5, 5.41) is 24.1. The molecule has 0 fully saturated rings. The average Bonchev–Trinajstić information content (AvgIpc) is 2.77. The number of aromatic nitrogens is 2. The van der Waals surface area contributed by atoms with Gasteiger partial charge in [-0.2, -0.15) is 9.78 Å². The average molecular weight is 276 g/mol. The van der Waals surface area contributed by atoms with Crippen molar-refractivity contribution in [1.29, 1.82) is 0 Å². The third-order valence-electron chi connectivity index (χ3n) is 3.11. The van der Waals surface area contributed by atoms with E-state index in [1.807, 2.05) is 26.8 Å². The van der Waals surface area contributed by atoms with Crippen molar-refractivity contribution in [2.24, 2.45) is 0 Å². The molecule has 0 radical (unpaired) electrons. The number of aliphatic hydroxyl groups is 1. The summed E-state index contributed by atoms with van der Waals surface area (Å²) in [5.74, 6) is 0.553. The standard InChI is InChI=1S/C15H20N2O3/c1-15(2,3)13-10(9-18)14(20-4)17(16-13)11-7-5-6-8-12(11)19/h5-8,18-19H,9H2,1-4H3. The van der Waals surface area contributed by atoms with E-state index in [9.17, 15) is 10.2 Å². The lowest BCUT2D eigenvalue weighted by atomic mass is 9.89. The van der Waals surface area contributed by atoms with E-state index in [0.717, 1.165) is 5.69 Å². The fraction of sp³-hybridized carbons (Fsp3) is 0.400. The number of aliphatic hydroxyl groups excluding tert-OH is 1. The van der Waals surface area contributed by atoms with Gasteiger partial charge in [-0.3, -0.25) is 0 Å². The predicted molar refractivity (Wildman–Crippen MR) is 76.4 cm³/mol. The lowest BCUT2D eigenvalue weighted by molar-refractivity contribution is 0.269. The number of nitrogens with zero attached hydrogens (tertiary/aromatic N) is 2. The molecular weight excluding hydrogens is 256 g/mol. The molecule has 2 N–H and O–H groups in total. The van der Waals surface area contributed by atoms with Crippen molar-refractivity contribution in [3.8, 4) is 17.3 Å². The number of phenols is 1. The van der Waals surface area contributed by atoms with E-state index in [1.165, 1.54) is 11.8 Å². The number of hydrogen-bond acceptors (Lipinski definition) is 4. The molecule has 1 aromatic heterocycles. The summed E-state index contributed by atoms with van der Waals surface area (Å²) in [6.07, 6.45) is 0. The number of benzene rings is 1. The van der Waals surface area contributed by atoms with Gasteiger partial charge in [-0.15, -0.1) is 0 Å². The van der Waals surface area contributed by atoms with E-state index in [4.69, 9.17) is 4.74 Å². The van der Waals surface area contributed by atoms with Crippen LogP contribution in [-0.4, -0.2) is 27.1 Å². The second kappa shape index (κ2) is 5.17. The smallest absolute Gasteiger partial charge is 0.222 e. The molecule has 0 aliphatic heterocycles. The number of rotatable bonds is 3. The molecule has 0 saturated heterocycles. The molecule has 0 amide bonds. The van der Waals surface area contributed by atoms with Gasteiger partial charge in [0.15, 0.2) is 0 Å². The van der Waals surface area contributed by atoms with Crippen molar-refractivity contribution < 1.29 is 14.9 Å². The van der Waals surface area contributed by atoms with E-state index < -0.39 is 0 Å². The number of phenolic OH excluding ortho intramolecular Hbond substituents is 1. The first-order chi connectivity index (χ1) is 9.40. The highest BCUT2D eigenvalue weighted by atomic mass is 16.5. The Balaban J connectivity index is 2.72. The Morgan fingerprint density at radius 1 is 1.25 bits per heavy atom. The van der Waals surface area contributed by atoms with Crippen molar-refractivity contribution in [3.63, 3.8) is 0 Å². The molecule has 2 aromatic rings. The van der Waals surface area contributed by atoms with E-state index in [0.29, 0.717) is 17.1 Å². The monoisotopic (exact) mass is 276 g/mol. The van der Waals surface area contributed by atoms with Gasteiger partial charge >= 0.3 is 0 Å². The summed E-state index contributed by atoms with van der Waals surface area (Å²) in [7, 11) is 1.53. The van der Waals surface area contributed by atoms with Crippen LogP contribution in [0.1, 0.15) is 32.0 Å². The number of aromatic hydroxyl groups is 1. The lowest BCUT2D eigenvalue weighted by Crippen LogP contribution is -2.15. The highest BCUT2D eigenvalue weighted by Gasteiger charge is 2.28. The van der Waals surface area contributed by atoms with Crippen LogP contribution in [0.25, 0.3) is 5.69 Å². The number of methoxy groups -OCH3 is 1. The number of hydrogen-bond donors (Lipinski definition) is 2. The molecule has 0 aliphatic carbocycles. The molecule has 20 heavy (non-hydrogen) atoms. The highest BCUT2D eigenvalue weighted by Crippen LogP contribution is 2.35. The molecular formula is C15H20N2O3. The minimum absolute atomic E-state index is 0.109. The number of ether oxygens (including phenoxy) is 1. The molecule has 0 atom stereocenters. The van der Waals surface area contributed by atoms with Gasteiger partial charge in [-0.25, -0.2) is 0 Å². The largest absolute Gasteiger partial charge is 0.506 e. The molecule has 0 bridgehead atoms. The Morgan fingerprint density at radius 2 is 1.90 bits per heavy atom. The van der Waals surface area contributed by atoms with E-state index in [1.54, 1.807) is 18.2 Å². The summed E-state index contributed by atoms with van der Waals surface area (Å²) in [6, 6.07) is 6.89. The third-order valence-corrected chi connectivity index (χ3v) is 3.11. The zero-order valence-electron chi connectivity index (χ0n) is 12.2. The Morgan fingerprint density at radius 3 is 2.40 bits per heavy atom. The van der Waals surface area contributed by atoms with Crippen molar-refractivity contribution >= 4 is 0 Å². The maximum absolute atomic E-state index is 9.98. The normalized spacial score (nSPS) is 11.7. The van der Waals surface area contributed by atoms with Gasteiger partial charge in [-0.05, 0) is 12.1 Å². The first-order valence-electron chi connectivity index (χ1n) is 6.45. The molecule has 2 rings (SSSR count). The maximum Gasteiger partial charge on any atom is 0.222 e. The molecule has 1 aromatic carbocycles. The highest BCUT2D eigenvalue weighted by molar-refractivity contribution is 5.50. The predicted octanol–water partition coefficient (Wildman–Crippen LogP) is 2.38. The van der Waals surface area contributed by atoms with Crippen LogP contribution in [0, 0.1) is 0 Å². The van der Waals surface area contributed by atoms with Gasteiger partial charge in [0.05, 0.1) is 25.0 Å². The molecule has 0 unspecified atom stereocenters. The zero-order chi connectivity index (χ0) is 14.9. The quantitative estimate of drug-likeness (QED) is 0.903. The van der Waals surface area contributed by atoms with Crippen molar-refractivity contribution in [2.45, 2.75) is 32.8 Å². The SMILES string of the molecule is COc1c(CO)c(C(C)(C)C)nn1-c1ccccc1O. The molecule has 0 saturated carbocycles. The van der Waals surface area contributed by atoms with Crippen LogP contribution in [0.3, 0.4) is 0 Å². The lowest BCUT2D eigenvalue weighted by Gasteiger charge is -2.16. The Labute approximate surface area is 118 Å². The first kappa shape index (κ1) is 14.4. The van der Waals surface area contributed by atoms with Crippen molar-refractivity contribution in [3.05, 3.63) is 35.5 Å². The molecule has 1 heterocycles. The van der Waals surface area contributed by atoms with Gasteiger partial charge in [-0.1, -0.05) is 32.9 Å². The molecule has 0 aliphatic rings. The second-order valence-corrected chi connectivity index (χ2v) is 5.65. The van der Waals surface area contributed by atoms with Crippen molar-refractivity contribution in [1.82, 2.24) is 9.78 Å². The van der Waals surface area contributed by atoms with Crippen LogP contribution in [0.15, 0.2) is 24.3 Å². The van der Waals surface area contributed by atoms with E-state index >= 15 is 0 Å². The van der Waals surface area contributed by atoms with Crippen LogP contribution in [0.2, 0.25) is 0 Å². The maximum atomic E-state index is 9.98. The second-order valence-electron chi connectivity index (χ2n) is 5.65. The Hall–Kier alpha value is -2.01. The summed E-state index contributed by atoms with van der Waals surface area (Å²) < 4.78 is 6.91. The first-order valence-corrected chi connectivity index (χ1v) is 6.45. The molecule has 5 heteroatoms. The van der Waals surface area contributed by atoms with Crippen LogP contribution in [0.5, 0.6) is 11.6 Å². The third kappa shape index (κ3) is 2.36. The van der Waals surface area contributed by atoms with E-state index in [-0.39, 0.29) is 17.8 Å². The topological polar surface area (TPSA) is 67.5 Å². The summed E-state index contributed by atoms with van der Waals surface area (Å²) in [6.45, 7) is 5.89. The molecule has 108 valence electrons. The van der Waals surface area contributed by atoms with Crippen LogP contribution in [0.4, 0.5) is 0 Å². The van der Waals surface area contributed by atoms with Crippen LogP contribution < -0.4 is 4.74 Å². The Bertz CT molecular complexity index is 612. The molecule has 0 spiro atoms. The van der Waals surface area contributed by atoms with Crippen LogP contribution >= 0.6 is 0 Å². The van der Waals surface area contributed by atoms with E-state index in [2.05, 4.69) is 5.10 Å². The fourth-order valence-electron chi connectivity index (χ4n) is 2.20. The minimum atomic E-state index is -0.235. The van der Waals surface area contributed by atoms with Gasteiger partial charge in [0, 0.05) is 5.41 Å². The molecule has 5 nitrogen and oxygen atoms in total. The van der Waals surface area contributed by atoms with Gasteiger partial charge < -0.3 is 14.9 Å². The summed E-state index contributed by atoms with van der Waals surface area (Å²) >= 11 is 0.